The van der Waals surface area contributed by atoms with Crippen LogP contribution in [-0.2, 0) is 6.42 Å². The first-order valence-corrected chi connectivity index (χ1v) is 12.8. The quantitative estimate of drug-likeness (QED) is 0.330. The summed E-state index contributed by atoms with van der Waals surface area (Å²) in [4.78, 5) is 21.4. The maximum absolute atomic E-state index is 13.5. The van der Waals surface area contributed by atoms with Gasteiger partial charge in [-0.15, -0.1) is 11.3 Å². The van der Waals surface area contributed by atoms with E-state index in [0.29, 0.717) is 17.9 Å². The van der Waals surface area contributed by atoms with Crippen molar-refractivity contribution in [3.63, 3.8) is 0 Å². The predicted octanol–water partition coefficient (Wildman–Crippen LogP) is 5.43. The lowest BCUT2D eigenvalue weighted by Gasteiger charge is -2.31. The lowest BCUT2D eigenvalue weighted by atomic mass is 9.91. The number of hydrogen-bond donors (Lipinski definition) is 0. The van der Waals surface area contributed by atoms with E-state index in [1.165, 1.54) is 23.5 Å². The Balaban J connectivity index is 1.17. The number of aryl methyl sites for hydroxylation is 1. The van der Waals surface area contributed by atoms with E-state index in [1.807, 2.05) is 42.6 Å². The van der Waals surface area contributed by atoms with Crippen molar-refractivity contribution in [2.75, 3.05) is 19.6 Å². The first kappa shape index (κ1) is 22.1. The Morgan fingerprint density at radius 3 is 2.74 bits per heavy atom. The molecule has 2 aromatic carbocycles. The molecule has 4 heterocycles. The largest absolute Gasteiger partial charge is 0.356 e. The number of benzene rings is 2. The zero-order valence-corrected chi connectivity index (χ0v) is 20.2. The van der Waals surface area contributed by atoms with Crippen molar-refractivity contribution in [2.45, 2.75) is 32.1 Å². The highest BCUT2D eigenvalue weighted by molar-refractivity contribution is 7.15. The molecule has 0 unspecified atom stereocenters. The molecule has 0 aliphatic carbocycles. The molecular formula is C27H25FN4O2S. The van der Waals surface area contributed by atoms with Gasteiger partial charge in [0.25, 0.3) is 5.56 Å². The van der Waals surface area contributed by atoms with E-state index in [-0.39, 0.29) is 11.4 Å². The lowest BCUT2D eigenvalue weighted by Crippen LogP contribution is -2.35. The molecule has 3 aromatic heterocycles. The monoisotopic (exact) mass is 488 g/mol. The van der Waals surface area contributed by atoms with E-state index in [1.54, 1.807) is 10.5 Å². The van der Waals surface area contributed by atoms with Gasteiger partial charge in [-0.1, -0.05) is 35.5 Å². The van der Waals surface area contributed by atoms with Gasteiger partial charge in [0.1, 0.15) is 5.82 Å². The van der Waals surface area contributed by atoms with Gasteiger partial charge in [0.05, 0.1) is 11.4 Å². The molecule has 0 amide bonds. The Kier molecular flexibility index (Phi) is 5.70. The molecule has 5 aromatic rings. The summed E-state index contributed by atoms with van der Waals surface area (Å²) in [5.74, 6) is -0.0187. The fourth-order valence-corrected chi connectivity index (χ4v) is 6.04. The van der Waals surface area contributed by atoms with Gasteiger partial charge in [-0.2, -0.15) is 0 Å². The minimum absolute atomic E-state index is 0.0313. The molecule has 35 heavy (non-hydrogen) atoms. The molecule has 6 rings (SSSR count). The van der Waals surface area contributed by atoms with Crippen LogP contribution in [0, 0.1) is 12.7 Å². The van der Waals surface area contributed by atoms with Crippen molar-refractivity contribution in [2.24, 2.45) is 0 Å². The Morgan fingerprint density at radius 1 is 1.14 bits per heavy atom. The number of thiazole rings is 1. The zero-order valence-electron chi connectivity index (χ0n) is 19.4. The van der Waals surface area contributed by atoms with Crippen LogP contribution < -0.4 is 5.56 Å². The molecule has 0 N–H and O–H groups in total. The van der Waals surface area contributed by atoms with Crippen LogP contribution >= 0.6 is 11.3 Å². The third-order valence-corrected chi connectivity index (χ3v) is 7.88. The third-order valence-electron chi connectivity index (χ3n) is 7.05. The number of fused-ring (bicyclic) bond motifs is 2. The molecule has 0 radical (unpaired) electrons. The molecule has 0 saturated carbocycles. The third kappa shape index (κ3) is 4.06. The summed E-state index contributed by atoms with van der Waals surface area (Å²) in [6.07, 6.45) is 2.58. The Bertz CT molecular complexity index is 1570. The van der Waals surface area contributed by atoms with Crippen molar-refractivity contribution < 1.29 is 8.91 Å². The number of rotatable bonds is 5. The van der Waals surface area contributed by atoms with Crippen LogP contribution in [0.15, 0.2) is 63.2 Å². The molecular weight excluding hydrogens is 463 g/mol. The van der Waals surface area contributed by atoms with Gasteiger partial charge in [0.2, 0.25) is 0 Å². The number of aromatic nitrogens is 3. The maximum Gasteiger partial charge on any atom is 0.262 e. The van der Waals surface area contributed by atoms with Crippen molar-refractivity contribution in [3.05, 3.63) is 87.0 Å². The zero-order chi connectivity index (χ0) is 23.9. The topological polar surface area (TPSA) is 63.6 Å². The van der Waals surface area contributed by atoms with Gasteiger partial charge in [0, 0.05) is 40.6 Å². The summed E-state index contributed by atoms with van der Waals surface area (Å²) < 4.78 is 20.6. The molecule has 8 heteroatoms. The first-order valence-electron chi connectivity index (χ1n) is 11.9. The standard InChI is InChI=1S/C27H25FN4O2S/c1-17-21(26(33)32-23(16-35-27(32)29-17)18-5-3-2-4-6-18)11-14-31-12-9-19(10-13-31)25-22-8-7-20(28)15-24(22)34-30-25/h2-8,15-16,19H,9-14H2,1H3. The van der Waals surface area contributed by atoms with Gasteiger partial charge in [-0.25, -0.2) is 9.37 Å². The molecule has 178 valence electrons. The molecule has 0 atom stereocenters. The van der Waals surface area contributed by atoms with E-state index < -0.39 is 0 Å². The lowest BCUT2D eigenvalue weighted by molar-refractivity contribution is 0.211. The highest BCUT2D eigenvalue weighted by atomic mass is 32.1. The summed E-state index contributed by atoms with van der Waals surface area (Å²) in [6, 6.07) is 14.6. The van der Waals surface area contributed by atoms with Crippen LogP contribution in [0.2, 0.25) is 0 Å². The summed E-state index contributed by atoms with van der Waals surface area (Å²) in [5.41, 5.74) is 4.97. The summed E-state index contributed by atoms with van der Waals surface area (Å²) in [5, 5.41) is 7.16. The van der Waals surface area contributed by atoms with Crippen LogP contribution in [-0.4, -0.2) is 39.1 Å². The highest BCUT2D eigenvalue weighted by Crippen LogP contribution is 2.33. The molecule has 1 aliphatic rings. The second-order valence-electron chi connectivity index (χ2n) is 9.16. The molecule has 6 nitrogen and oxygen atoms in total. The summed E-state index contributed by atoms with van der Waals surface area (Å²) >= 11 is 1.50. The molecule has 1 saturated heterocycles. The predicted molar refractivity (Wildman–Crippen MR) is 136 cm³/mol. The number of nitrogens with zero attached hydrogens (tertiary/aromatic N) is 4. The second kappa shape index (κ2) is 9.02. The first-order chi connectivity index (χ1) is 17.1. The number of hydrogen-bond acceptors (Lipinski definition) is 6. The van der Waals surface area contributed by atoms with E-state index in [2.05, 4.69) is 10.1 Å². The number of halogens is 1. The Labute approximate surface area is 205 Å². The maximum atomic E-state index is 13.5. The fourth-order valence-electron chi connectivity index (χ4n) is 5.11. The summed E-state index contributed by atoms with van der Waals surface area (Å²) in [7, 11) is 0. The average Bonchev–Trinajstić information content (AvgIpc) is 3.49. The van der Waals surface area contributed by atoms with Gasteiger partial charge in [0.15, 0.2) is 10.5 Å². The Morgan fingerprint density at radius 2 is 1.94 bits per heavy atom. The molecule has 1 aliphatic heterocycles. The van der Waals surface area contributed by atoms with E-state index in [4.69, 9.17) is 9.51 Å². The van der Waals surface area contributed by atoms with Gasteiger partial charge < -0.3 is 9.42 Å². The normalized spacial score (nSPS) is 15.4. The highest BCUT2D eigenvalue weighted by Gasteiger charge is 2.25. The van der Waals surface area contributed by atoms with E-state index in [0.717, 1.165) is 71.0 Å². The van der Waals surface area contributed by atoms with Crippen molar-refractivity contribution >= 4 is 27.3 Å². The van der Waals surface area contributed by atoms with Gasteiger partial charge in [-0.05, 0) is 57.0 Å². The van der Waals surface area contributed by atoms with E-state index in [9.17, 15) is 9.18 Å². The second-order valence-corrected chi connectivity index (χ2v) is 10.00. The summed E-state index contributed by atoms with van der Waals surface area (Å²) in [6.45, 7) is 4.59. The Hall–Kier alpha value is -3.36. The van der Waals surface area contributed by atoms with Crippen molar-refractivity contribution in [1.82, 2.24) is 19.4 Å². The van der Waals surface area contributed by atoms with E-state index >= 15 is 0 Å². The SMILES string of the molecule is Cc1nc2scc(-c3ccccc3)n2c(=O)c1CCN1CCC(c2noc3cc(F)ccc23)CC1. The minimum Gasteiger partial charge on any atom is -0.356 e. The minimum atomic E-state index is -0.313. The van der Waals surface area contributed by atoms with Gasteiger partial charge >= 0.3 is 0 Å². The average molecular weight is 489 g/mol. The molecule has 0 spiro atoms. The number of likely N-dealkylation sites (tertiary alicyclic amines) is 1. The van der Waals surface area contributed by atoms with Crippen LogP contribution in [0.1, 0.15) is 35.7 Å². The van der Waals surface area contributed by atoms with Gasteiger partial charge in [-0.3, -0.25) is 9.20 Å². The molecule has 1 fully saturated rings. The van der Waals surface area contributed by atoms with Crippen LogP contribution in [0.5, 0.6) is 0 Å². The fraction of sp³-hybridized carbons (Fsp3) is 0.296. The smallest absolute Gasteiger partial charge is 0.262 e. The van der Waals surface area contributed by atoms with Crippen LogP contribution in [0.25, 0.3) is 27.2 Å². The van der Waals surface area contributed by atoms with Crippen LogP contribution in [0.3, 0.4) is 0 Å². The number of piperidine rings is 1. The van der Waals surface area contributed by atoms with Crippen molar-refractivity contribution in [3.8, 4) is 11.3 Å². The van der Waals surface area contributed by atoms with Crippen molar-refractivity contribution in [1.29, 1.82) is 0 Å². The molecule has 0 bridgehead atoms. The van der Waals surface area contributed by atoms with Crippen LogP contribution in [0.4, 0.5) is 4.39 Å².